The number of aromatic amines is 1. The van der Waals surface area contributed by atoms with Crippen molar-refractivity contribution in [2.75, 3.05) is 5.32 Å². The van der Waals surface area contributed by atoms with Crippen LogP contribution in [0.3, 0.4) is 0 Å². The van der Waals surface area contributed by atoms with Crippen LogP contribution >= 0.6 is 0 Å². The highest BCUT2D eigenvalue weighted by Gasteiger charge is 2.35. The summed E-state index contributed by atoms with van der Waals surface area (Å²) in [4.78, 5) is 0. The third-order valence-corrected chi connectivity index (χ3v) is 3.95. The summed E-state index contributed by atoms with van der Waals surface area (Å²) in [6, 6.07) is 8.13. The Morgan fingerprint density at radius 2 is 1.52 bits per heavy atom. The molecule has 0 radical (unpaired) electrons. The first-order valence-electron chi connectivity index (χ1n) is 7.75. The van der Waals surface area contributed by atoms with Gasteiger partial charge in [-0.3, -0.25) is 5.10 Å². The van der Waals surface area contributed by atoms with E-state index in [-0.39, 0.29) is 11.3 Å². The predicted octanol–water partition coefficient (Wildman–Crippen LogP) is 5.65. The Morgan fingerprint density at radius 1 is 0.852 bits per heavy atom. The van der Waals surface area contributed by atoms with E-state index < -0.39 is 29.5 Å². The average Bonchev–Trinajstić information content (AvgIpc) is 3.13. The number of rotatable bonds is 4. The lowest BCUT2D eigenvalue weighted by Gasteiger charge is -2.23. The van der Waals surface area contributed by atoms with E-state index in [0.29, 0.717) is 5.56 Å². The Hall–Kier alpha value is -2.97. The molecule has 0 spiro atoms. The molecular weight excluding hydrogens is 372 g/mol. The van der Waals surface area contributed by atoms with Crippen molar-refractivity contribution in [1.82, 2.24) is 10.2 Å². The Labute approximate surface area is 150 Å². The molecule has 0 aliphatic rings. The number of benzene rings is 2. The molecule has 0 bridgehead atoms. The molecule has 0 saturated heterocycles. The van der Waals surface area contributed by atoms with Gasteiger partial charge in [-0.15, -0.1) is 0 Å². The van der Waals surface area contributed by atoms with Gasteiger partial charge in [-0.25, -0.2) is 0 Å². The molecule has 3 rings (SSSR count). The van der Waals surface area contributed by atoms with E-state index in [1.54, 1.807) is 0 Å². The second-order valence-electron chi connectivity index (χ2n) is 5.77. The van der Waals surface area contributed by atoms with Gasteiger partial charge in [-0.05, 0) is 35.9 Å². The summed E-state index contributed by atoms with van der Waals surface area (Å²) in [7, 11) is 0. The molecule has 9 heteroatoms. The van der Waals surface area contributed by atoms with Gasteiger partial charge in [0.15, 0.2) is 0 Å². The Bertz CT molecular complexity index is 883. The van der Waals surface area contributed by atoms with Crippen LogP contribution in [0, 0.1) is 0 Å². The standard InChI is InChI=1S/C18H13F6N3/c19-17(20,21)12-5-7-13(8-6-12)27-16(11-9-25-26-10-11)14-3-1-2-4-15(14)18(22,23)24/h1-10,16,27H,(H,25,26). The Morgan fingerprint density at radius 3 is 2.07 bits per heavy atom. The highest BCUT2D eigenvalue weighted by molar-refractivity contribution is 5.51. The maximum absolute atomic E-state index is 13.4. The van der Waals surface area contributed by atoms with Gasteiger partial charge in [0.05, 0.1) is 23.4 Å². The van der Waals surface area contributed by atoms with Gasteiger partial charge in [0.2, 0.25) is 0 Å². The quantitative estimate of drug-likeness (QED) is 0.570. The van der Waals surface area contributed by atoms with Crippen molar-refractivity contribution in [2.45, 2.75) is 18.4 Å². The van der Waals surface area contributed by atoms with Gasteiger partial charge in [-0.1, -0.05) is 18.2 Å². The zero-order valence-corrected chi connectivity index (χ0v) is 13.6. The summed E-state index contributed by atoms with van der Waals surface area (Å²) < 4.78 is 78.3. The van der Waals surface area contributed by atoms with Crippen LogP contribution in [-0.2, 0) is 12.4 Å². The fourth-order valence-electron chi connectivity index (χ4n) is 2.69. The number of alkyl halides is 6. The van der Waals surface area contributed by atoms with Gasteiger partial charge in [-0.2, -0.15) is 31.4 Å². The zero-order valence-electron chi connectivity index (χ0n) is 13.6. The average molecular weight is 385 g/mol. The molecule has 3 aromatic rings. The zero-order chi connectivity index (χ0) is 19.7. The predicted molar refractivity (Wildman–Crippen MR) is 86.9 cm³/mol. The molecule has 0 aliphatic carbocycles. The summed E-state index contributed by atoms with van der Waals surface area (Å²) in [5, 5.41) is 9.15. The minimum absolute atomic E-state index is 0.0636. The molecule has 0 fully saturated rings. The van der Waals surface area contributed by atoms with Gasteiger partial charge in [0, 0.05) is 17.4 Å². The number of hydrogen-bond donors (Lipinski definition) is 2. The number of aromatic nitrogens is 2. The lowest BCUT2D eigenvalue weighted by molar-refractivity contribution is -0.138. The van der Waals surface area contributed by atoms with Crippen molar-refractivity contribution in [3.8, 4) is 0 Å². The van der Waals surface area contributed by atoms with Crippen LogP contribution in [0.25, 0.3) is 0 Å². The van der Waals surface area contributed by atoms with Gasteiger partial charge in [0.1, 0.15) is 0 Å². The van der Waals surface area contributed by atoms with Crippen molar-refractivity contribution in [3.05, 3.63) is 83.2 Å². The highest BCUT2D eigenvalue weighted by Crippen LogP contribution is 2.38. The Kier molecular flexibility index (Phi) is 4.86. The van der Waals surface area contributed by atoms with Crippen LogP contribution in [0.4, 0.5) is 32.0 Å². The number of hydrogen-bond acceptors (Lipinski definition) is 2. The fraction of sp³-hybridized carbons (Fsp3) is 0.167. The Balaban J connectivity index is 2.00. The van der Waals surface area contributed by atoms with Crippen molar-refractivity contribution < 1.29 is 26.3 Å². The normalized spacial score (nSPS) is 13.4. The smallest absolute Gasteiger partial charge is 0.374 e. The largest absolute Gasteiger partial charge is 0.416 e. The molecule has 1 atom stereocenters. The lowest BCUT2D eigenvalue weighted by atomic mass is 9.95. The molecule has 1 heterocycles. The third kappa shape index (κ3) is 4.24. The van der Waals surface area contributed by atoms with Crippen LogP contribution < -0.4 is 5.32 Å². The van der Waals surface area contributed by atoms with E-state index in [1.165, 1.54) is 42.7 Å². The van der Waals surface area contributed by atoms with E-state index in [1.807, 2.05) is 0 Å². The molecule has 1 unspecified atom stereocenters. The van der Waals surface area contributed by atoms with E-state index in [2.05, 4.69) is 15.5 Å². The van der Waals surface area contributed by atoms with Crippen molar-refractivity contribution in [3.63, 3.8) is 0 Å². The van der Waals surface area contributed by atoms with Gasteiger partial charge >= 0.3 is 12.4 Å². The maximum Gasteiger partial charge on any atom is 0.416 e. The van der Waals surface area contributed by atoms with E-state index in [9.17, 15) is 26.3 Å². The first kappa shape index (κ1) is 18.8. The number of halogens is 6. The SMILES string of the molecule is FC(F)(F)c1ccc(NC(c2cn[nH]c2)c2ccccc2C(F)(F)F)cc1. The fourth-order valence-corrected chi connectivity index (χ4v) is 2.69. The maximum atomic E-state index is 13.4. The third-order valence-electron chi connectivity index (χ3n) is 3.95. The van der Waals surface area contributed by atoms with Crippen LogP contribution in [0.5, 0.6) is 0 Å². The number of H-pyrrole nitrogens is 1. The molecule has 0 aliphatic heterocycles. The van der Waals surface area contributed by atoms with E-state index in [0.717, 1.165) is 18.2 Å². The summed E-state index contributed by atoms with van der Waals surface area (Å²) in [6.45, 7) is 0. The molecule has 3 nitrogen and oxygen atoms in total. The molecule has 0 saturated carbocycles. The van der Waals surface area contributed by atoms with Crippen LogP contribution in [-0.4, -0.2) is 10.2 Å². The highest BCUT2D eigenvalue weighted by atomic mass is 19.4. The first-order valence-corrected chi connectivity index (χ1v) is 7.75. The van der Waals surface area contributed by atoms with E-state index >= 15 is 0 Å². The van der Waals surface area contributed by atoms with Gasteiger partial charge in [0.25, 0.3) is 0 Å². The summed E-state index contributed by atoms with van der Waals surface area (Å²) >= 11 is 0. The number of nitrogens with zero attached hydrogens (tertiary/aromatic N) is 1. The van der Waals surface area contributed by atoms with Crippen molar-refractivity contribution in [2.24, 2.45) is 0 Å². The summed E-state index contributed by atoms with van der Waals surface area (Å²) in [5.74, 6) is 0. The molecule has 142 valence electrons. The van der Waals surface area contributed by atoms with Crippen LogP contribution in [0.2, 0.25) is 0 Å². The lowest BCUT2D eigenvalue weighted by Crippen LogP contribution is -2.18. The molecule has 1 aromatic heterocycles. The molecule has 2 aromatic carbocycles. The molecular formula is C18H13F6N3. The summed E-state index contributed by atoms with van der Waals surface area (Å²) in [6.07, 6.45) is -6.30. The topological polar surface area (TPSA) is 40.7 Å². The van der Waals surface area contributed by atoms with E-state index in [4.69, 9.17) is 0 Å². The minimum atomic E-state index is -4.58. The first-order chi connectivity index (χ1) is 12.7. The second kappa shape index (κ2) is 6.98. The van der Waals surface area contributed by atoms with Crippen molar-refractivity contribution >= 4 is 5.69 Å². The second-order valence-corrected chi connectivity index (χ2v) is 5.77. The monoisotopic (exact) mass is 385 g/mol. The van der Waals surface area contributed by atoms with Crippen molar-refractivity contribution in [1.29, 1.82) is 0 Å². The molecule has 0 amide bonds. The van der Waals surface area contributed by atoms with Gasteiger partial charge < -0.3 is 5.32 Å². The summed E-state index contributed by atoms with van der Waals surface area (Å²) in [5.41, 5.74) is -1.09. The van der Waals surface area contributed by atoms with Crippen LogP contribution in [0.1, 0.15) is 28.3 Å². The molecule has 27 heavy (non-hydrogen) atoms. The number of nitrogens with one attached hydrogen (secondary N) is 2. The molecule has 2 N–H and O–H groups in total. The van der Waals surface area contributed by atoms with Crippen LogP contribution in [0.15, 0.2) is 60.9 Å². The number of anilines is 1. The minimum Gasteiger partial charge on any atom is -0.374 e.